The Bertz CT molecular complexity index is 650. The number of aliphatic carboxylic acids is 1. The van der Waals surface area contributed by atoms with E-state index in [4.69, 9.17) is 4.74 Å². The lowest BCUT2D eigenvalue weighted by Gasteiger charge is -2.26. The minimum absolute atomic E-state index is 0.374. The van der Waals surface area contributed by atoms with Crippen molar-refractivity contribution in [3.05, 3.63) is 29.8 Å². The summed E-state index contributed by atoms with van der Waals surface area (Å²) in [4.78, 5) is 26.4. The largest absolute Gasteiger partial charge is 0.480 e. The lowest BCUT2D eigenvalue weighted by molar-refractivity contribution is -0.149. The Balaban J connectivity index is 1.55. The lowest BCUT2D eigenvalue weighted by atomic mass is 9.95. The van der Waals surface area contributed by atoms with Crippen molar-refractivity contribution in [2.45, 2.75) is 26.7 Å². The van der Waals surface area contributed by atoms with Crippen LogP contribution in [0.4, 0.5) is 5.69 Å². The number of anilines is 1. The summed E-state index contributed by atoms with van der Waals surface area (Å²) in [6.07, 6.45) is 1.32. The van der Waals surface area contributed by atoms with Crippen molar-refractivity contribution >= 4 is 17.6 Å². The van der Waals surface area contributed by atoms with Gasteiger partial charge < -0.3 is 15.2 Å². The van der Waals surface area contributed by atoms with Crippen LogP contribution >= 0.6 is 0 Å². The van der Waals surface area contributed by atoms with E-state index in [2.05, 4.69) is 10.2 Å². The number of carbonyl (C=O) groups excluding carboxylic acids is 1. The highest BCUT2D eigenvalue weighted by molar-refractivity contribution is 6.12. The van der Waals surface area contributed by atoms with Gasteiger partial charge in [-0.25, -0.2) is 0 Å². The average Bonchev–Trinajstić information content (AvgIpc) is 3.19. The molecule has 1 saturated heterocycles. The van der Waals surface area contributed by atoms with E-state index in [9.17, 15) is 14.7 Å². The van der Waals surface area contributed by atoms with Crippen LogP contribution in [0.15, 0.2) is 24.3 Å². The number of carboxylic acid groups (broad SMARTS) is 1. The standard InChI is InChI=1S/C19H26N2O4/c1-18(2)13-19(18,17(23)24)16(22)20-15-5-3-14(4-6-15)7-8-21-9-11-25-12-10-21/h3-6H,7-13H2,1-2H3,(H,20,22)(H,23,24). The molecule has 0 aromatic heterocycles. The van der Waals surface area contributed by atoms with Gasteiger partial charge in [-0.15, -0.1) is 0 Å². The van der Waals surface area contributed by atoms with Crippen molar-refractivity contribution in [3.63, 3.8) is 0 Å². The first-order chi connectivity index (χ1) is 11.8. The van der Waals surface area contributed by atoms with Crippen molar-refractivity contribution in [1.29, 1.82) is 0 Å². The van der Waals surface area contributed by atoms with Crippen LogP contribution < -0.4 is 5.32 Å². The molecule has 0 bridgehead atoms. The maximum absolute atomic E-state index is 12.5. The van der Waals surface area contributed by atoms with Gasteiger partial charge in [0.15, 0.2) is 5.41 Å². The van der Waals surface area contributed by atoms with Crippen LogP contribution in [0.3, 0.4) is 0 Å². The zero-order chi connectivity index (χ0) is 18.1. The number of carbonyl (C=O) groups is 2. The van der Waals surface area contributed by atoms with Gasteiger partial charge in [-0.3, -0.25) is 14.5 Å². The molecule has 2 fully saturated rings. The summed E-state index contributed by atoms with van der Waals surface area (Å²) in [5.41, 5.74) is 0.0378. The lowest BCUT2D eigenvalue weighted by Crippen LogP contribution is -2.37. The van der Waals surface area contributed by atoms with E-state index in [-0.39, 0.29) is 0 Å². The molecule has 1 aromatic rings. The molecule has 2 N–H and O–H groups in total. The van der Waals surface area contributed by atoms with Gasteiger partial charge in [-0.05, 0) is 36.0 Å². The predicted molar refractivity (Wildman–Crippen MR) is 94.5 cm³/mol. The van der Waals surface area contributed by atoms with E-state index in [1.165, 1.54) is 5.56 Å². The Morgan fingerprint density at radius 1 is 1.20 bits per heavy atom. The summed E-state index contributed by atoms with van der Waals surface area (Å²) in [5.74, 6) is -1.47. The molecule has 1 atom stereocenters. The number of rotatable bonds is 6. The van der Waals surface area contributed by atoms with Crippen LogP contribution in [0.1, 0.15) is 25.8 Å². The number of hydrogen-bond acceptors (Lipinski definition) is 4. The second-order valence-corrected chi connectivity index (χ2v) is 7.63. The zero-order valence-electron chi connectivity index (χ0n) is 14.9. The van der Waals surface area contributed by atoms with Crippen molar-refractivity contribution in [2.24, 2.45) is 10.8 Å². The first-order valence-corrected chi connectivity index (χ1v) is 8.79. The molecule has 1 unspecified atom stereocenters. The molecule has 136 valence electrons. The Morgan fingerprint density at radius 2 is 1.80 bits per heavy atom. The zero-order valence-corrected chi connectivity index (χ0v) is 14.9. The van der Waals surface area contributed by atoms with Gasteiger partial charge in [0.05, 0.1) is 13.2 Å². The molecule has 2 aliphatic rings. The van der Waals surface area contributed by atoms with Gasteiger partial charge in [0.1, 0.15) is 0 Å². The Labute approximate surface area is 148 Å². The van der Waals surface area contributed by atoms with Crippen molar-refractivity contribution < 1.29 is 19.4 Å². The molecule has 25 heavy (non-hydrogen) atoms. The number of carboxylic acids is 1. The Hall–Kier alpha value is -1.92. The summed E-state index contributed by atoms with van der Waals surface area (Å²) in [6.45, 7) is 8.16. The average molecular weight is 346 g/mol. The number of nitrogens with one attached hydrogen (secondary N) is 1. The predicted octanol–water partition coefficient (Wildman–Crippen LogP) is 2.00. The molecule has 1 amide bonds. The van der Waals surface area contributed by atoms with Crippen molar-refractivity contribution in [2.75, 3.05) is 38.2 Å². The quantitative estimate of drug-likeness (QED) is 0.770. The maximum atomic E-state index is 12.5. The molecule has 3 rings (SSSR count). The molecular formula is C19H26N2O4. The van der Waals surface area contributed by atoms with Gasteiger partial charge in [-0.2, -0.15) is 0 Å². The van der Waals surface area contributed by atoms with E-state index in [0.29, 0.717) is 12.1 Å². The summed E-state index contributed by atoms with van der Waals surface area (Å²) in [5, 5.41) is 12.2. The normalized spacial score (nSPS) is 25.4. The minimum atomic E-state index is -1.30. The number of nitrogens with zero attached hydrogens (tertiary/aromatic N) is 1. The summed E-state index contributed by atoms with van der Waals surface area (Å²) in [6, 6.07) is 7.66. The molecule has 0 radical (unpaired) electrons. The fourth-order valence-corrected chi connectivity index (χ4v) is 3.57. The number of amides is 1. The third kappa shape index (κ3) is 3.55. The Kier molecular flexibility index (Phi) is 4.84. The van der Waals surface area contributed by atoms with Gasteiger partial charge in [-0.1, -0.05) is 26.0 Å². The van der Waals surface area contributed by atoms with Gasteiger partial charge in [0.2, 0.25) is 5.91 Å². The number of morpholine rings is 1. The van der Waals surface area contributed by atoms with Crippen molar-refractivity contribution in [1.82, 2.24) is 4.90 Å². The second kappa shape index (κ2) is 6.77. The van der Waals surface area contributed by atoms with Crippen LogP contribution in [0.25, 0.3) is 0 Å². The highest BCUT2D eigenvalue weighted by Crippen LogP contribution is 2.64. The molecule has 1 heterocycles. The first-order valence-electron chi connectivity index (χ1n) is 8.79. The third-order valence-corrected chi connectivity index (χ3v) is 5.52. The molecule has 1 aliphatic carbocycles. The minimum Gasteiger partial charge on any atom is -0.480 e. The first kappa shape index (κ1) is 17.9. The van der Waals surface area contributed by atoms with Crippen LogP contribution in [-0.4, -0.2) is 54.7 Å². The van der Waals surface area contributed by atoms with E-state index in [0.717, 1.165) is 39.3 Å². The van der Waals surface area contributed by atoms with Gasteiger partial charge >= 0.3 is 5.97 Å². The summed E-state index contributed by atoms with van der Waals surface area (Å²) < 4.78 is 5.34. The molecule has 6 heteroatoms. The van der Waals surface area contributed by atoms with E-state index in [1.54, 1.807) is 0 Å². The summed E-state index contributed by atoms with van der Waals surface area (Å²) in [7, 11) is 0. The third-order valence-electron chi connectivity index (χ3n) is 5.52. The van der Waals surface area contributed by atoms with E-state index < -0.39 is 22.7 Å². The van der Waals surface area contributed by atoms with Crippen LogP contribution in [0, 0.1) is 10.8 Å². The molecular weight excluding hydrogens is 320 g/mol. The van der Waals surface area contributed by atoms with Crippen LogP contribution in [0.5, 0.6) is 0 Å². The van der Waals surface area contributed by atoms with Crippen LogP contribution in [0.2, 0.25) is 0 Å². The van der Waals surface area contributed by atoms with E-state index in [1.807, 2.05) is 38.1 Å². The second-order valence-electron chi connectivity index (χ2n) is 7.63. The number of hydrogen-bond donors (Lipinski definition) is 2. The van der Waals surface area contributed by atoms with Crippen molar-refractivity contribution in [3.8, 4) is 0 Å². The molecule has 1 aromatic carbocycles. The van der Waals surface area contributed by atoms with E-state index >= 15 is 0 Å². The fourth-order valence-electron chi connectivity index (χ4n) is 3.57. The Morgan fingerprint density at radius 3 is 2.32 bits per heavy atom. The highest BCUT2D eigenvalue weighted by Gasteiger charge is 2.72. The molecule has 1 saturated carbocycles. The molecule has 0 spiro atoms. The smallest absolute Gasteiger partial charge is 0.319 e. The van der Waals surface area contributed by atoms with Crippen LogP contribution in [-0.2, 0) is 20.7 Å². The fraction of sp³-hybridized carbons (Fsp3) is 0.579. The van der Waals surface area contributed by atoms with Gasteiger partial charge in [0.25, 0.3) is 0 Å². The molecule has 1 aliphatic heterocycles. The van der Waals surface area contributed by atoms with Gasteiger partial charge in [0, 0.05) is 25.3 Å². The monoisotopic (exact) mass is 346 g/mol. The SMILES string of the molecule is CC1(C)CC1(C(=O)O)C(=O)Nc1ccc(CCN2CCOCC2)cc1. The maximum Gasteiger partial charge on any atom is 0.319 e. The number of ether oxygens (including phenoxy) is 1. The molecule has 6 nitrogen and oxygen atoms in total. The summed E-state index contributed by atoms with van der Waals surface area (Å²) >= 11 is 0. The highest BCUT2D eigenvalue weighted by atomic mass is 16.5. The topological polar surface area (TPSA) is 78.9 Å². The number of benzene rings is 1.